The van der Waals surface area contributed by atoms with Crippen molar-refractivity contribution in [3.63, 3.8) is 0 Å². The van der Waals surface area contributed by atoms with Gasteiger partial charge in [-0.15, -0.1) is 0 Å². The number of fused-ring (bicyclic) bond motifs is 1. The quantitative estimate of drug-likeness (QED) is 0.161. The summed E-state index contributed by atoms with van der Waals surface area (Å²) < 4.78 is 19.6. The summed E-state index contributed by atoms with van der Waals surface area (Å²) in [6, 6.07) is 22.4. The fourth-order valence-electron chi connectivity index (χ4n) is 5.56. The Morgan fingerprint density at radius 3 is 2.47 bits per heavy atom. The van der Waals surface area contributed by atoms with Gasteiger partial charge in [-0.05, 0) is 67.2 Å². The van der Waals surface area contributed by atoms with Gasteiger partial charge in [0.2, 0.25) is 0 Å². The zero-order valence-corrected chi connectivity index (χ0v) is 28.2. The highest BCUT2D eigenvalue weighted by molar-refractivity contribution is 7.07. The molecule has 2 heterocycles. The van der Waals surface area contributed by atoms with Crippen LogP contribution in [0.15, 0.2) is 87.8 Å². The van der Waals surface area contributed by atoms with Gasteiger partial charge in [0.25, 0.3) is 5.56 Å². The van der Waals surface area contributed by atoms with Crippen LogP contribution in [-0.2, 0) is 16.1 Å². The number of carbonyl (C=O) groups excluding carboxylic acids is 1. The fraction of sp³-hybridized carbons (Fsp3) is 0.316. The van der Waals surface area contributed by atoms with Crippen LogP contribution in [0.5, 0.6) is 11.5 Å². The third-order valence-electron chi connectivity index (χ3n) is 7.90. The monoisotopic (exact) mass is 649 g/mol. The molecule has 1 aliphatic heterocycles. The highest BCUT2D eigenvalue weighted by Crippen LogP contribution is 2.34. The third kappa shape index (κ3) is 7.23. The van der Waals surface area contributed by atoms with E-state index in [0.29, 0.717) is 56.6 Å². The summed E-state index contributed by atoms with van der Waals surface area (Å²) in [5.41, 5.74) is 4.89. The first-order valence-corrected chi connectivity index (χ1v) is 16.8. The molecule has 0 saturated carbocycles. The Balaban J connectivity index is 1.59. The first-order chi connectivity index (χ1) is 22.8. The van der Waals surface area contributed by atoms with Crippen molar-refractivity contribution < 1.29 is 19.0 Å². The second-order valence-electron chi connectivity index (χ2n) is 11.4. The Bertz CT molecular complexity index is 2020. The van der Waals surface area contributed by atoms with Crippen molar-refractivity contribution in [2.45, 2.75) is 66.0 Å². The second kappa shape index (κ2) is 15.1. The topological polar surface area (TPSA) is 103 Å². The van der Waals surface area contributed by atoms with E-state index in [-0.39, 0.29) is 18.8 Å². The van der Waals surface area contributed by atoms with Gasteiger partial charge in [0.15, 0.2) is 16.3 Å². The van der Waals surface area contributed by atoms with Gasteiger partial charge >= 0.3 is 5.97 Å². The van der Waals surface area contributed by atoms with E-state index in [9.17, 15) is 14.9 Å². The van der Waals surface area contributed by atoms with Crippen molar-refractivity contribution in [1.82, 2.24) is 4.57 Å². The molecule has 0 aliphatic carbocycles. The minimum absolute atomic E-state index is 0.211. The number of nitriles is 1. The van der Waals surface area contributed by atoms with Gasteiger partial charge in [-0.3, -0.25) is 9.36 Å². The number of ether oxygens (including phenoxy) is 3. The normalized spacial score (nSPS) is 14.4. The summed E-state index contributed by atoms with van der Waals surface area (Å²) in [6.45, 7) is 10.8. The molecule has 0 saturated heterocycles. The van der Waals surface area contributed by atoms with E-state index < -0.39 is 12.0 Å². The lowest BCUT2D eigenvalue weighted by atomic mass is 9.92. The average Bonchev–Trinajstić information content (AvgIpc) is 3.38. The van der Waals surface area contributed by atoms with Crippen LogP contribution >= 0.6 is 11.3 Å². The lowest BCUT2D eigenvalue weighted by Crippen LogP contribution is -2.40. The first kappa shape index (κ1) is 33.4. The van der Waals surface area contributed by atoms with Crippen LogP contribution in [-0.4, -0.2) is 23.8 Å². The Kier molecular flexibility index (Phi) is 10.7. The number of allylic oxidation sites excluding steroid dienone is 1. The average molecular weight is 650 g/mol. The summed E-state index contributed by atoms with van der Waals surface area (Å²) in [6.07, 6.45) is 3.18. The maximum atomic E-state index is 14.2. The van der Waals surface area contributed by atoms with E-state index >= 15 is 0 Å². The zero-order valence-electron chi connectivity index (χ0n) is 27.4. The predicted octanol–water partition coefficient (Wildman–Crippen LogP) is 6.55. The molecule has 0 bridgehead atoms. The van der Waals surface area contributed by atoms with Crippen LogP contribution < -0.4 is 24.4 Å². The molecule has 0 amide bonds. The van der Waals surface area contributed by atoms with E-state index in [1.165, 1.54) is 16.9 Å². The molecule has 1 aromatic heterocycles. The number of esters is 1. The summed E-state index contributed by atoms with van der Waals surface area (Å²) >= 11 is 1.29. The molecular formula is C38H39N3O5S. The molecule has 242 valence electrons. The highest BCUT2D eigenvalue weighted by Gasteiger charge is 2.34. The lowest BCUT2D eigenvalue weighted by Gasteiger charge is -2.26. The largest absolute Gasteiger partial charge is 0.490 e. The third-order valence-corrected chi connectivity index (χ3v) is 8.88. The van der Waals surface area contributed by atoms with Crippen molar-refractivity contribution in [2.24, 2.45) is 4.99 Å². The van der Waals surface area contributed by atoms with Crippen molar-refractivity contribution in [3.05, 3.63) is 126 Å². The SMILES string of the molecule is CCCC1=C(C(=O)OCC)[C@@H](c2ccc(C(C)C)cc2)n2c(s/c(=C/c3ccc(OCc4ccccc4C#N)c(OCC)c3)c2=O)=N1. The van der Waals surface area contributed by atoms with E-state index in [4.69, 9.17) is 19.2 Å². The second-order valence-corrected chi connectivity index (χ2v) is 12.4. The minimum atomic E-state index is -0.665. The van der Waals surface area contributed by atoms with E-state index in [1.54, 1.807) is 23.6 Å². The van der Waals surface area contributed by atoms with E-state index in [0.717, 1.165) is 23.1 Å². The van der Waals surface area contributed by atoms with Crippen molar-refractivity contribution in [2.75, 3.05) is 13.2 Å². The molecule has 5 rings (SSSR count). The molecule has 0 fully saturated rings. The van der Waals surface area contributed by atoms with Gasteiger partial charge in [0, 0.05) is 5.56 Å². The molecule has 3 aromatic carbocycles. The molecule has 1 atom stereocenters. The zero-order chi connectivity index (χ0) is 33.5. The standard InChI is InChI=1S/C38H39N3O5S/c1-6-11-30-34(37(43)45-8-3)35(27-17-15-26(16-18-27)24(4)5)41-36(42)33(47-38(41)40-30)21-25-14-19-31(32(20-25)44-7-2)46-23-29-13-10-9-12-28(29)22-39/h9-10,12-21,24,35H,6-8,11,23H2,1-5H3/b33-21+/t35-/m1/s1. The van der Waals surface area contributed by atoms with E-state index in [1.807, 2.05) is 62.4 Å². The molecule has 0 N–H and O–H groups in total. The molecule has 0 unspecified atom stereocenters. The van der Waals surface area contributed by atoms with Crippen LogP contribution in [0.3, 0.4) is 0 Å². The predicted molar refractivity (Wildman–Crippen MR) is 183 cm³/mol. The Morgan fingerprint density at radius 1 is 1.02 bits per heavy atom. The van der Waals surface area contributed by atoms with Crippen LogP contribution in [0.2, 0.25) is 0 Å². The molecule has 4 aromatic rings. The molecule has 0 spiro atoms. The van der Waals surface area contributed by atoms with Gasteiger partial charge in [-0.25, -0.2) is 9.79 Å². The minimum Gasteiger partial charge on any atom is -0.490 e. The summed E-state index contributed by atoms with van der Waals surface area (Å²) in [4.78, 5) is 33.1. The Morgan fingerprint density at radius 2 is 1.79 bits per heavy atom. The van der Waals surface area contributed by atoms with Gasteiger partial charge in [-0.1, -0.05) is 87.1 Å². The molecular weight excluding hydrogens is 611 g/mol. The molecule has 9 heteroatoms. The number of carbonyl (C=O) groups is 1. The maximum absolute atomic E-state index is 14.2. The van der Waals surface area contributed by atoms with E-state index in [2.05, 4.69) is 32.0 Å². The summed E-state index contributed by atoms with van der Waals surface area (Å²) in [5, 5.41) is 9.44. The van der Waals surface area contributed by atoms with Gasteiger partial charge in [0.05, 0.1) is 46.7 Å². The molecule has 1 aliphatic rings. The van der Waals surface area contributed by atoms with Crippen LogP contribution in [0.25, 0.3) is 6.08 Å². The maximum Gasteiger partial charge on any atom is 0.338 e. The van der Waals surface area contributed by atoms with Crippen molar-refractivity contribution in [1.29, 1.82) is 5.26 Å². The van der Waals surface area contributed by atoms with Crippen molar-refractivity contribution in [3.8, 4) is 17.6 Å². The summed E-state index contributed by atoms with van der Waals surface area (Å²) in [7, 11) is 0. The summed E-state index contributed by atoms with van der Waals surface area (Å²) in [5.74, 6) is 0.947. The van der Waals surface area contributed by atoms with Crippen LogP contribution in [0, 0.1) is 11.3 Å². The number of hydrogen-bond donors (Lipinski definition) is 0. The lowest BCUT2D eigenvalue weighted by molar-refractivity contribution is -0.139. The Hall–Kier alpha value is -4.94. The number of benzene rings is 3. The van der Waals surface area contributed by atoms with Crippen LogP contribution in [0.4, 0.5) is 0 Å². The number of rotatable bonds is 12. The number of hydrogen-bond acceptors (Lipinski definition) is 8. The molecule has 8 nitrogen and oxygen atoms in total. The number of thiazole rings is 1. The Labute approximate surface area is 278 Å². The molecule has 47 heavy (non-hydrogen) atoms. The van der Waals surface area contributed by atoms with Crippen molar-refractivity contribution >= 4 is 23.4 Å². The first-order valence-electron chi connectivity index (χ1n) is 16.0. The van der Waals surface area contributed by atoms with Gasteiger partial charge in [0.1, 0.15) is 6.61 Å². The number of nitrogens with zero attached hydrogens (tertiary/aromatic N) is 3. The van der Waals surface area contributed by atoms with Gasteiger partial charge in [-0.2, -0.15) is 5.26 Å². The number of aromatic nitrogens is 1. The highest BCUT2D eigenvalue weighted by atomic mass is 32.1. The fourth-order valence-corrected chi connectivity index (χ4v) is 6.58. The smallest absolute Gasteiger partial charge is 0.338 e. The molecule has 0 radical (unpaired) electrons. The van der Waals surface area contributed by atoms with Gasteiger partial charge < -0.3 is 14.2 Å². The van der Waals surface area contributed by atoms with Crippen LogP contribution in [0.1, 0.15) is 87.2 Å².